The van der Waals surface area contributed by atoms with Gasteiger partial charge >= 0.3 is 6.18 Å². The van der Waals surface area contributed by atoms with E-state index in [1.165, 1.54) is 12.1 Å². The highest BCUT2D eigenvalue weighted by molar-refractivity contribution is 6.27. The molecule has 0 fully saturated rings. The molecule has 3 rings (SSSR count). The monoisotopic (exact) mass is 275 g/mol. The molecule has 0 atom stereocenters. The summed E-state index contributed by atoms with van der Waals surface area (Å²) in [4.78, 5) is 15.6. The third kappa shape index (κ3) is 2.01. The molecule has 0 unspecified atom stereocenters. The van der Waals surface area contributed by atoms with E-state index in [0.29, 0.717) is 22.4 Å². The van der Waals surface area contributed by atoms with Gasteiger partial charge in [-0.15, -0.1) is 0 Å². The first-order valence-electron chi connectivity index (χ1n) is 5.87. The van der Waals surface area contributed by atoms with Crippen LogP contribution in [0.3, 0.4) is 0 Å². The maximum Gasteiger partial charge on any atom is 0.416 e. The van der Waals surface area contributed by atoms with Gasteiger partial charge in [-0.05, 0) is 18.2 Å². The van der Waals surface area contributed by atoms with Crippen LogP contribution in [0.25, 0.3) is 0 Å². The van der Waals surface area contributed by atoms with Gasteiger partial charge in [0.2, 0.25) is 0 Å². The predicted molar refractivity (Wildman–Crippen MR) is 67.9 cm³/mol. The molecule has 2 nitrogen and oxygen atoms in total. The summed E-state index contributed by atoms with van der Waals surface area (Å²) in [5.74, 6) is -0.365. The Morgan fingerprint density at radius 2 is 1.45 bits per heavy atom. The van der Waals surface area contributed by atoms with Crippen molar-refractivity contribution in [1.82, 2.24) is 0 Å². The molecule has 0 saturated heterocycles. The zero-order chi connectivity index (χ0) is 14.3. The van der Waals surface area contributed by atoms with Crippen molar-refractivity contribution in [3.05, 3.63) is 70.8 Å². The predicted octanol–water partition coefficient (Wildman–Crippen LogP) is 3.70. The van der Waals surface area contributed by atoms with Crippen molar-refractivity contribution in [2.24, 2.45) is 4.99 Å². The fourth-order valence-electron chi connectivity index (χ4n) is 2.14. The van der Waals surface area contributed by atoms with Crippen LogP contribution in [0.2, 0.25) is 0 Å². The molecular formula is C15H8F3NO. The quantitative estimate of drug-likeness (QED) is 0.780. The molecule has 1 amide bonds. The highest BCUT2D eigenvalue weighted by Gasteiger charge is 2.30. The number of aliphatic imine (C=N–C) groups is 1. The van der Waals surface area contributed by atoms with Gasteiger partial charge < -0.3 is 0 Å². The SMILES string of the molecule is O=C1N=C(c2ccc(C(F)(F)F)cc2)c2ccccc21. The number of amides is 1. The molecule has 0 spiro atoms. The maximum atomic E-state index is 12.5. The van der Waals surface area contributed by atoms with Crippen LogP contribution in [0.1, 0.15) is 27.0 Å². The summed E-state index contributed by atoms with van der Waals surface area (Å²) in [6.45, 7) is 0. The van der Waals surface area contributed by atoms with E-state index in [0.717, 1.165) is 12.1 Å². The number of carbonyl (C=O) groups is 1. The van der Waals surface area contributed by atoms with Gasteiger partial charge in [0.25, 0.3) is 5.91 Å². The molecule has 0 saturated carbocycles. The van der Waals surface area contributed by atoms with Crippen molar-refractivity contribution in [1.29, 1.82) is 0 Å². The zero-order valence-electron chi connectivity index (χ0n) is 10.1. The van der Waals surface area contributed by atoms with Gasteiger partial charge in [-0.2, -0.15) is 13.2 Å². The second-order valence-electron chi connectivity index (χ2n) is 4.39. The largest absolute Gasteiger partial charge is 0.416 e. The lowest BCUT2D eigenvalue weighted by Crippen LogP contribution is -2.06. The Balaban J connectivity index is 2.03. The highest BCUT2D eigenvalue weighted by Crippen LogP contribution is 2.30. The zero-order valence-corrected chi connectivity index (χ0v) is 10.1. The lowest BCUT2D eigenvalue weighted by atomic mass is 9.99. The standard InChI is InChI=1S/C15H8F3NO/c16-15(17,18)10-7-5-9(6-8-10)13-11-3-1-2-4-12(11)14(20)19-13/h1-8H. The van der Waals surface area contributed by atoms with Crippen molar-refractivity contribution in [2.75, 3.05) is 0 Å². The second-order valence-corrected chi connectivity index (χ2v) is 4.39. The average Bonchev–Trinajstić information content (AvgIpc) is 2.76. The first kappa shape index (κ1) is 12.6. The van der Waals surface area contributed by atoms with Crippen LogP contribution >= 0.6 is 0 Å². The summed E-state index contributed by atoms with van der Waals surface area (Å²) in [6, 6.07) is 11.5. The number of halogens is 3. The molecule has 2 aromatic rings. The van der Waals surface area contributed by atoms with Crippen molar-refractivity contribution in [3.8, 4) is 0 Å². The van der Waals surface area contributed by atoms with Crippen molar-refractivity contribution < 1.29 is 18.0 Å². The van der Waals surface area contributed by atoms with Gasteiger partial charge in [0, 0.05) is 11.1 Å². The number of hydrogen-bond acceptors (Lipinski definition) is 1. The van der Waals surface area contributed by atoms with Crippen LogP contribution in [-0.2, 0) is 6.18 Å². The lowest BCUT2D eigenvalue weighted by Gasteiger charge is -2.08. The molecule has 0 radical (unpaired) electrons. The van der Waals surface area contributed by atoms with Crippen LogP contribution in [0.15, 0.2) is 53.5 Å². The van der Waals surface area contributed by atoms with E-state index in [1.54, 1.807) is 24.3 Å². The van der Waals surface area contributed by atoms with Gasteiger partial charge in [0.05, 0.1) is 16.8 Å². The fraction of sp³-hybridized carbons (Fsp3) is 0.0667. The first-order chi connectivity index (χ1) is 9.47. The molecule has 1 aliphatic rings. The summed E-state index contributed by atoms with van der Waals surface area (Å²) in [6.07, 6.45) is -4.37. The molecule has 1 heterocycles. The molecule has 1 aliphatic heterocycles. The number of nitrogens with zero attached hydrogens (tertiary/aromatic N) is 1. The van der Waals surface area contributed by atoms with Crippen molar-refractivity contribution >= 4 is 11.6 Å². The van der Waals surface area contributed by atoms with E-state index in [4.69, 9.17) is 0 Å². The minimum absolute atomic E-state index is 0.365. The van der Waals surface area contributed by atoms with Crippen LogP contribution < -0.4 is 0 Å². The van der Waals surface area contributed by atoms with Gasteiger partial charge in [0.15, 0.2) is 0 Å². The van der Waals surface area contributed by atoms with Crippen molar-refractivity contribution in [3.63, 3.8) is 0 Å². The summed E-state index contributed by atoms with van der Waals surface area (Å²) in [5, 5.41) is 0. The van der Waals surface area contributed by atoms with Gasteiger partial charge in [-0.1, -0.05) is 30.3 Å². The number of fused-ring (bicyclic) bond motifs is 1. The summed E-state index contributed by atoms with van der Waals surface area (Å²) in [5.41, 5.74) is 1.31. The molecule has 100 valence electrons. The molecule has 0 bridgehead atoms. The third-order valence-electron chi connectivity index (χ3n) is 3.11. The summed E-state index contributed by atoms with van der Waals surface area (Å²) < 4.78 is 37.5. The van der Waals surface area contributed by atoms with E-state index < -0.39 is 11.7 Å². The second kappa shape index (κ2) is 4.30. The number of alkyl halides is 3. The Hall–Kier alpha value is -2.43. The van der Waals surface area contributed by atoms with Crippen LogP contribution in [0.4, 0.5) is 13.2 Å². The maximum absolute atomic E-state index is 12.5. The highest BCUT2D eigenvalue weighted by atomic mass is 19.4. The van der Waals surface area contributed by atoms with E-state index >= 15 is 0 Å². The topological polar surface area (TPSA) is 29.4 Å². The molecule has 0 aliphatic carbocycles. The van der Waals surface area contributed by atoms with E-state index in [1.807, 2.05) is 0 Å². The molecule has 20 heavy (non-hydrogen) atoms. The Morgan fingerprint density at radius 1 is 0.850 bits per heavy atom. The molecule has 2 aromatic carbocycles. The average molecular weight is 275 g/mol. The van der Waals surface area contributed by atoms with Crippen LogP contribution in [0.5, 0.6) is 0 Å². The van der Waals surface area contributed by atoms with E-state index in [-0.39, 0.29) is 5.91 Å². The summed E-state index contributed by atoms with van der Waals surface area (Å²) >= 11 is 0. The van der Waals surface area contributed by atoms with E-state index in [2.05, 4.69) is 4.99 Å². The smallest absolute Gasteiger partial charge is 0.267 e. The van der Waals surface area contributed by atoms with E-state index in [9.17, 15) is 18.0 Å². The van der Waals surface area contributed by atoms with Crippen LogP contribution in [-0.4, -0.2) is 11.6 Å². The number of carbonyl (C=O) groups excluding carboxylic acids is 1. The van der Waals surface area contributed by atoms with Crippen molar-refractivity contribution in [2.45, 2.75) is 6.18 Å². The minimum atomic E-state index is -4.37. The Bertz CT molecular complexity index is 715. The first-order valence-corrected chi connectivity index (χ1v) is 5.87. The van der Waals surface area contributed by atoms with Gasteiger partial charge in [-0.3, -0.25) is 4.79 Å². The number of rotatable bonds is 1. The molecule has 0 N–H and O–H groups in total. The minimum Gasteiger partial charge on any atom is -0.267 e. The van der Waals surface area contributed by atoms with Crippen LogP contribution in [0, 0.1) is 0 Å². The lowest BCUT2D eigenvalue weighted by molar-refractivity contribution is -0.137. The Labute approximate surface area is 112 Å². The molecule has 0 aromatic heterocycles. The third-order valence-corrected chi connectivity index (χ3v) is 3.11. The normalized spacial score (nSPS) is 14.2. The molecular weight excluding hydrogens is 267 g/mol. The Morgan fingerprint density at radius 3 is 2.05 bits per heavy atom. The summed E-state index contributed by atoms with van der Waals surface area (Å²) in [7, 11) is 0. The number of hydrogen-bond donors (Lipinski definition) is 0. The van der Waals surface area contributed by atoms with Gasteiger partial charge in [-0.25, -0.2) is 4.99 Å². The van der Waals surface area contributed by atoms with Gasteiger partial charge in [0.1, 0.15) is 0 Å². The molecule has 5 heteroatoms. The Kier molecular flexibility index (Phi) is 2.71. The number of benzene rings is 2. The fourth-order valence-corrected chi connectivity index (χ4v) is 2.14.